The molecule has 0 fully saturated rings. The minimum Gasteiger partial charge on any atom is -0.423 e. The summed E-state index contributed by atoms with van der Waals surface area (Å²) in [5.74, 6) is -0.680. The molecular weight excluding hydrogens is 408 g/mol. The molecule has 0 atom stereocenters. The Morgan fingerprint density at radius 1 is 1.17 bits per heavy atom. The maximum atomic E-state index is 12.3. The number of anilines is 1. The second kappa shape index (κ2) is 9.64. The summed E-state index contributed by atoms with van der Waals surface area (Å²) in [4.78, 5) is 28.5. The zero-order chi connectivity index (χ0) is 20.6. The zero-order valence-corrected chi connectivity index (χ0v) is 16.8. The Balaban J connectivity index is 1.67. The van der Waals surface area contributed by atoms with Crippen LogP contribution in [0.4, 0.5) is 5.13 Å². The Morgan fingerprint density at radius 3 is 2.52 bits per heavy atom. The Labute approximate surface area is 175 Å². The van der Waals surface area contributed by atoms with Crippen molar-refractivity contribution in [3.05, 3.63) is 71.3 Å². The molecule has 144 valence electrons. The molecule has 1 aromatic heterocycles. The first-order valence-corrected chi connectivity index (χ1v) is 10.3. The Kier molecular flexibility index (Phi) is 6.73. The summed E-state index contributed by atoms with van der Waals surface area (Å²) >= 11 is 2.40. The number of carbonyl (C=O) groups is 2. The van der Waals surface area contributed by atoms with E-state index in [2.05, 4.69) is 14.7 Å². The molecule has 3 rings (SSSR count). The fraction of sp³-hybridized carbons (Fsp3) is 0.0500. The number of hydrogen-bond donors (Lipinski definition) is 1. The van der Waals surface area contributed by atoms with Crippen molar-refractivity contribution >= 4 is 46.4 Å². The number of nitriles is 1. The molecule has 0 bridgehead atoms. The van der Waals surface area contributed by atoms with Crippen LogP contribution in [-0.4, -0.2) is 27.5 Å². The molecular formula is C20H14N4O3S2. The minimum atomic E-state index is -0.573. The topological polar surface area (TPSA) is 105 Å². The number of ether oxygens (including phenoxy) is 1. The normalized spacial score (nSPS) is 10.8. The van der Waals surface area contributed by atoms with Gasteiger partial charge in [-0.1, -0.05) is 42.1 Å². The van der Waals surface area contributed by atoms with Crippen LogP contribution in [0.2, 0.25) is 0 Å². The van der Waals surface area contributed by atoms with Crippen LogP contribution in [0.3, 0.4) is 0 Å². The van der Waals surface area contributed by atoms with Gasteiger partial charge in [0.15, 0.2) is 0 Å². The molecule has 0 saturated carbocycles. The van der Waals surface area contributed by atoms with Crippen molar-refractivity contribution in [3.8, 4) is 11.8 Å². The molecule has 9 heteroatoms. The standard InChI is InChI=1S/C20H14N4O3S2/c1-28-20-23-19(29-24-20)22-17(25)15(12-21)11-13-7-9-16(10-8-13)27-18(26)14-5-3-2-4-6-14/h2-11H,1H3,(H,22,23,24,25)/b15-11-. The van der Waals surface area contributed by atoms with E-state index in [9.17, 15) is 14.9 Å². The lowest BCUT2D eigenvalue weighted by Crippen LogP contribution is -2.13. The van der Waals surface area contributed by atoms with Crippen molar-refractivity contribution in [3.63, 3.8) is 0 Å². The number of thioether (sulfide) groups is 1. The fourth-order valence-electron chi connectivity index (χ4n) is 2.20. The minimum absolute atomic E-state index is 0.0834. The number of aromatic nitrogens is 2. The highest BCUT2D eigenvalue weighted by atomic mass is 32.2. The van der Waals surface area contributed by atoms with Crippen molar-refractivity contribution in [2.45, 2.75) is 5.16 Å². The van der Waals surface area contributed by atoms with Gasteiger partial charge in [0.25, 0.3) is 5.91 Å². The molecule has 0 spiro atoms. The van der Waals surface area contributed by atoms with E-state index in [0.717, 1.165) is 11.5 Å². The van der Waals surface area contributed by atoms with E-state index >= 15 is 0 Å². The van der Waals surface area contributed by atoms with Gasteiger partial charge in [0, 0.05) is 11.5 Å². The highest BCUT2D eigenvalue weighted by Crippen LogP contribution is 2.19. The second-order valence-electron chi connectivity index (χ2n) is 5.53. The quantitative estimate of drug-likeness (QED) is 0.210. The van der Waals surface area contributed by atoms with E-state index in [1.165, 1.54) is 17.8 Å². The molecule has 1 heterocycles. The molecule has 7 nitrogen and oxygen atoms in total. The molecule has 1 amide bonds. The number of hydrogen-bond acceptors (Lipinski definition) is 8. The Hall–Kier alpha value is -3.48. The number of amides is 1. The van der Waals surface area contributed by atoms with Gasteiger partial charge in [0.2, 0.25) is 10.3 Å². The van der Waals surface area contributed by atoms with Gasteiger partial charge < -0.3 is 4.74 Å². The summed E-state index contributed by atoms with van der Waals surface area (Å²) < 4.78 is 9.35. The first kappa shape index (κ1) is 20.3. The van der Waals surface area contributed by atoms with Gasteiger partial charge in [-0.2, -0.15) is 14.6 Å². The van der Waals surface area contributed by atoms with Crippen molar-refractivity contribution in [1.29, 1.82) is 5.26 Å². The molecule has 29 heavy (non-hydrogen) atoms. The maximum absolute atomic E-state index is 12.3. The molecule has 0 aliphatic carbocycles. The zero-order valence-electron chi connectivity index (χ0n) is 15.2. The van der Waals surface area contributed by atoms with E-state index in [-0.39, 0.29) is 5.57 Å². The summed E-state index contributed by atoms with van der Waals surface area (Å²) in [5, 5.41) is 12.7. The number of esters is 1. The van der Waals surface area contributed by atoms with Crippen LogP contribution in [0, 0.1) is 11.3 Å². The number of nitrogens with one attached hydrogen (secondary N) is 1. The van der Waals surface area contributed by atoms with Gasteiger partial charge >= 0.3 is 5.97 Å². The van der Waals surface area contributed by atoms with Gasteiger partial charge in [-0.25, -0.2) is 4.79 Å². The van der Waals surface area contributed by atoms with Crippen LogP contribution in [0.25, 0.3) is 6.08 Å². The summed E-state index contributed by atoms with van der Waals surface area (Å²) in [6.45, 7) is 0. The predicted molar refractivity (Wildman–Crippen MR) is 112 cm³/mol. The number of nitrogens with zero attached hydrogens (tertiary/aromatic N) is 3. The molecule has 0 unspecified atom stereocenters. The molecule has 2 aromatic carbocycles. The number of carbonyl (C=O) groups excluding carboxylic acids is 2. The fourth-order valence-corrected chi connectivity index (χ4v) is 3.32. The third-order valence-corrected chi connectivity index (χ3v) is 4.88. The van der Waals surface area contributed by atoms with E-state index < -0.39 is 11.9 Å². The molecule has 0 aliphatic rings. The van der Waals surface area contributed by atoms with Crippen LogP contribution in [-0.2, 0) is 4.79 Å². The Morgan fingerprint density at radius 2 is 1.90 bits per heavy atom. The van der Waals surface area contributed by atoms with Crippen molar-refractivity contribution in [1.82, 2.24) is 9.36 Å². The lowest BCUT2D eigenvalue weighted by Gasteiger charge is -2.05. The highest BCUT2D eigenvalue weighted by molar-refractivity contribution is 7.98. The third-order valence-electron chi connectivity index (χ3n) is 3.59. The Bertz CT molecular complexity index is 1090. The first-order valence-electron chi connectivity index (χ1n) is 8.27. The summed E-state index contributed by atoms with van der Waals surface area (Å²) in [6, 6.07) is 17.0. The molecule has 0 saturated heterocycles. The van der Waals surface area contributed by atoms with Gasteiger partial charge in [-0.05, 0) is 42.2 Å². The highest BCUT2D eigenvalue weighted by Gasteiger charge is 2.13. The van der Waals surface area contributed by atoms with Crippen LogP contribution < -0.4 is 10.1 Å². The molecule has 3 aromatic rings. The SMILES string of the molecule is CSc1nsc(NC(=O)/C(C#N)=C\c2ccc(OC(=O)c3ccccc3)cc2)n1. The second-order valence-corrected chi connectivity index (χ2v) is 7.06. The van der Waals surface area contributed by atoms with Gasteiger partial charge in [0.05, 0.1) is 5.56 Å². The summed E-state index contributed by atoms with van der Waals surface area (Å²) in [7, 11) is 0. The summed E-state index contributed by atoms with van der Waals surface area (Å²) in [5.41, 5.74) is 0.972. The molecule has 0 aliphatic heterocycles. The molecule has 0 radical (unpaired) electrons. The van der Waals surface area contributed by atoms with E-state index in [4.69, 9.17) is 4.74 Å². The smallest absolute Gasteiger partial charge is 0.343 e. The number of rotatable bonds is 6. The first-order chi connectivity index (χ1) is 14.1. The van der Waals surface area contributed by atoms with E-state index in [1.807, 2.05) is 18.4 Å². The predicted octanol–water partition coefficient (Wildman–Crippen LogP) is 4.02. The maximum Gasteiger partial charge on any atom is 0.343 e. The van der Waals surface area contributed by atoms with Crippen molar-refractivity contribution < 1.29 is 14.3 Å². The number of benzene rings is 2. The van der Waals surface area contributed by atoms with Crippen LogP contribution in [0.1, 0.15) is 15.9 Å². The monoisotopic (exact) mass is 422 g/mol. The summed E-state index contributed by atoms with van der Waals surface area (Å²) in [6.07, 6.45) is 3.27. The average Bonchev–Trinajstić information content (AvgIpc) is 3.21. The van der Waals surface area contributed by atoms with Crippen LogP contribution in [0.15, 0.2) is 65.3 Å². The largest absolute Gasteiger partial charge is 0.423 e. The van der Waals surface area contributed by atoms with Crippen LogP contribution >= 0.6 is 23.3 Å². The third kappa shape index (κ3) is 5.51. The lowest BCUT2D eigenvalue weighted by atomic mass is 10.1. The average molecular weight is 422 g/mol. The van der Waals surface area contributed by atoms with Crippen LogP contribution in [0.5, 0.6) is 5.75 Å². The molecule has 1 N–H and O–H groups in total. The van der Waals surface area contributed by atoms with Gasteiger partial charge in [-0.15, -0.1) is 0 Å². The van der Waals surface area contributed by atoms with Gasteiger partial charge in [-0.3, -0.25) is 10.1 Å². The van der Waals surface area contributed by atoms with Gasteiger partial charge in [0.1, 0.15) is 17.4 Å². The van der Waals surface area contributed by atoms with E-state index in [1.54, 1.807) is 48.5 Å². The van der Waals surface area contributed by atoms with E-state index in [0.29, 0.717) is 27.2 Å². The lowest BCUT2D eigenvalue weighted by molar-refractivity contribution is -0.112. The van der Waals surface area contributed by atoms with Crippen molar-refractivity contribution in [2.24, 2.45) is 0 Å². The van der Waals surface area contributed by atoms with Crippen molar-refractivity contribution in [2.75, 3.05) is 11.6 Å².